The summed E-state index contributed by atoms with van der Waals surface area (Å²) in [5.74, 6) is -0.929. The Morgan fingerprint density at radius 2 is 2.12 bits per heavy atom. The first-order chi connectivity index (χ1) is 8.16. The zero-order valence-electron chi connectivity index (χ0n) is 9.41. The first-order valence-electron chi connectivity index (χ1n) is 5.60. The molecule has 0 atom stereocenters. The second-order valence-corrected chi connectivity index (χ2v) is 4.09. The molecule has 0 bridgehead atoms. The molecule has 0 saturated carbocycles. The van der Waals surface area contributed by atoms with Crippen molar-refractivity contribution in [3.05, 3.63) is 29.6 Å². The Morgan fingerprint density at radius 1 is 1.41 bits per heavy atom. The summed E-state index contributed by atoms with van der Waals surface area (Å²) in [6.07, 6.45) is 1.67. The number of nitrogens with two attached hydrogens (primary N) is 1. The lowest BCUT2D eigenvalue weighted by atomic mass is 10.1. The molecule has 1 fully saturated rings. The summed E-state index contributed by atoms with van der Waals surface area (Å²) in [5, 5.41) is 3.08. The van der Waals surface area contributed by atoms with Crippen molar-refractivity contribution < 1.29 is 13.9 Å². The number of primary amides is 1. The predicted molar refractivity (Wildman–Crippen MR) is 62.4 cm³/mol. The molecule has 1 saturated heterocycles. The first-order valence-corrected chi connectivity index (χ1v) is 5.60. The van der Waals surface area contributed by atoms with Gasteiger partial charge in [0, 0.05) is 24.8 Å². The van der Waals surface area contributed by atoms with Crippen LogP contribution in [0.3, 0.4) is 0 Å². The highest BCUT2D eigenvalue weighted by Gasteiger charge is 2.15. The third-order valence-electron chi connectivity index (χ3n) is 2.83. The van der Waals surface area contributed by atoms with Crippen LogP contribution in [0.25, 0.3) is 0 Å². The van der Waals surface area contributed by atoms with Crippen molar-refractivity contribution >= 4 is 11.6 Å². The maximum absolute atomic E-state index is 13.5. The number of halogens is 1. The number of amides is 1. The fourth-order valence-corrected chi connectivity index (χ4v) is 1.85. The van der Waals surface area contributed by atoms with Crippen LogP contribution in [0.15, 0.2) is 18.2 Å². The molecule has 5 heteroatoms. The second kappa shape index (κ2) is 5.14. The number of carbonyl (C=O) groups is 1. The Balaban J connectivity index is 2.13. The Morgan fingerprint density at radius 3 is 2.76 bits per heavy atom. The van der Waals surface area contributed by atoms with Gasteiger partial charge in [-0.2, -0.15) is 0 Å². The van der Waals surface area contributed by atoms with Gasteiger partial charge in [-0.1, -0.05) is 0 Å². The van der Waals surface area contributed by atoms with Crippen molar-refractivity contribution in [1.29, 1.82) is 0 Å². The summed E-state index contributed by atoms with van der Waals surface area (Å²) in [5.41, 5.74) is 5.79. The Kier molecular flexibility index (Phi) is 3.58. The zero-order valence-corrected chi connectivity index (χ0v) is 9.41. The van der Waals surface area contributed by atoms with E-state index in [4.69, 9.17) is 10.5 Å². The van der Waals surface area contributed by atoms with Crippen LogP contribution >= 0.6 is 0 Å². The summed E-state index contributed by atoms with van der Waals surface area (Å²) in [4.78, 5) is 11.0. The quantitative estimate of drug-likeness (QED) is 0.839. The molecule has 0 spiro atoms. The van der Waals surface area contributed by atoms with Crippen LogP contribution in [0, 0.1) is 5.82 Å². The fourth-order valence-electron chi connectivity index (χ4n) is 1.85. The normalized spacial score (nSPS) is 16.8. The number of hydrogen-bond acceptors (Lipinski definition) is 3. The van der Waals surface area contributed by atoms with E-state index in [1.807, 2.05) is 0 Å². The molecule has 1 aliphatic heterocycles. The summed E-state index contributed by atoms with van der Waals surface area (Å²) >= 11 is 0. The molecule has 0 aliphatic carbocycles. The summed E-state index contributed by atoms with van der Waals surface area (Å²) in [7, 11) is 0. The lowest BCUT2D eigenvalue weighted by Crippen LogP contribution is -2.28. The Labute approximate surface area is 98.9 Å². The third kappa shape index (κ3) is 2.94. The van der Waals surface area contributed by atoms with Crippen molar-refractivity contribution in [3.8, 4) is 0 Å². The molecule has 17 heavy (non-hydrogen) atoms. The predicted octanol–water partition coefficient (Wildman–Crippen LogP) is 1.52. The molecule has 3 N–H and O–H groups in total. The van der Waals surface area contributed by atoms with E-state index in [1.165, 1.54) is 18.2 Å². The molecular formula is C12H15FN2O2. The maximum atomic E-state index is 13.5. The number of anilines is 1. The molecule has 1 aromatic rings. The smallest absolute Gasteiger partial charge is 0.248 e. The van der Waals surface area contributed by atoms with E-state index >= 15 is 0 Å². The van der Waals surface area contributed by atoms with Crippen molar-refractivity contribution in [3.63, 3.8) is 0 Å². The van der Waals surface area contributed by atoms with Gasteiger partial charge < -0.3 is 15.8 Å². The number of benzene rings is 1. The van der Waals surface area contributed by atoms with Gasteiger partial charge in [-0.05, 0) is 31.0 Å². The second-order valence-electron chi connectivity index (χ2n) is 4.09. The third-order valence-corrected chi connectivity index (χ3v) is 2.83. The van der Waals surface area contributed by atoms with Gasteiger partial charge in [0.15, 0.2) is 0 Å². The summed E-state index contributed by atoms with van der Waals surface area (Å²) < 4.78 is 18.8. The van der Waals surface area contributed by atoms with Gasteiger partial charge in [-0.3, -0.25) is 4.79 Å². The SMILES string of the molecule is NC(=O)c1ccc(F)c(NC2CCOCC2)c1. The lowest BCUT2D eigenvalue weighted by molar-refractivity contribution is 0.0903. The van der Waals surface area contributed by atoms with E-state index in [-0.39, 0.29) is 11.9 Å². The van der Waals surface area contributed by atoms with Crippen LogP contribution in [0.5, 0.6) is 0 Å². The highest BCUT2D eigenvalue weighted by atomic mass is 19.1. The number of hydrogen-bond donors (Lipinski definition) is 2. The van der Waals surface area contributed by atoms with Crippen LogP contribution in [-0.2, 0) is 4.74 Å². The van der Waals surface area contributed by atoms with E-state index < -0.39 is 5.91 Å². The molecule has 1 aliphatic rings. The first kappa shape index (κ1) is 11.9. The average Bonchev–Trinajstić information content (AvgIpc) is 2.33. The molecule has 1 aromatic carbocycles. The van der Waals surface area contributed by atoms with Crippen molar-refractivity contribution in [1.82, 2.24) is 0 Å². The topological polar surface area (TPSA) is 64.4 Å². The molecule has 0 aromatic heterocycles. The van der Waals surface area contributed by atoms with Crippen LogP contribution in [0.4, 0.5) is 10.1 Å². The number of rotatable bonds is 3. The van der Waals surface area contributed by atoms with E-state index in [2.05, 4.69) is 5.32 Å². The summed E-state index contributed by atoms with van der Waals surface area (Å²) in [6, 6.07) is 4.27. The molecule has 2 rings (SSSR count). The van der Waals surface area contributed by atoms with Gasteiger partial charge in [0.05, 0.1) is 5.69 Å². The zero-order chi connectivity index (χ0) is 12.3. The number of ether oxygens (including phenoxy) is 1. The number of carbonyl (C=O) groups excluding carboxylic acids is 1. The lowest BCUT2D eigenvalue weighted by Gasteiger charge is -2.24. The van der Waals surface area contributed by atoms with Crippen LogP contribution < -0.4 is 11.1 Å². The van der Waals surface area contributed by atoms with Crippen molar-refractivity contribution in [2.24, 2.45) is 5.73 Å². The Hall–Kier alpha value is -1.62. The maximum Gasteiger partial charge on any atom is 0.248 e. The van der Waals surface area contributed by atoms with E-state index in [9.17, 15) is 9.18 Å². The van der Waals surface area contributed by atoms with E-state index in [1.54, 1.807) is 0 Å². The minimum absolute atomic E-state index is 0.182. The molecular weight excluding hydrogens is 223 g/mol. The Bertz CT molecular complexity index is 417. The van der Waals surface area contributed by atoms with E-state index in [0.717, 1.165) is 12.8 Å². The standard InChI is InChI=1S/C12H15FN2O2/c13-10-2-1-8(12(14)16)7-11(10)15-9-3-5-17-6-4-9/h1-2,7,9,15H,3-6H2,(H2,14,16). The molecule has 4 nitrogen and oxygen atoms in total. The highest BCUT2D eigenvalue weighted by Crippen LogP contribution is 2.20. The van der Waals surface area contributed by atoms with Gasteiger partial charge in [0.1, 0.15) is 5.82 Å². The van der Waals surface area contributed by atoms with Crippen LogP contribution in [0.2, 0.25) is 0 Å². The van der Waals surface area contributed by atoms with Gasteiger partial charge in [0.2, 0.25) is 5.91 Å². The summed E-state index contributed by atoms with van der Waals surface area (Å²) in [6.45, 7) is 1.35. The molecule has 92 valence electrons. The van der Waals surface area contributed by atoms with Gasteiger partial charge in [-0.25, -0.2) is 4.39 Å². The fraction of sp³-hybridized carbons (Fsp3) is 0.417. The molecule has 1 heterocycles. The number of nitrogens with one attached hydrogen (secondary N) is 1. The van der Waals surface area contributed by atoms with Crippen molar-refractivity contribution in [2.45, 2.75) is 18.9 Å². The van der Waals surface area contributed by atoms with E-state index in [0.29, 0.717) is 24.5 Å². The highest BCUT2D eigenvalue weighted by molar-refractivity contribution is 5.93. The molecule has 0 radical (unpaired) electrons. The molecule has 0 unspecified atom stereocenters. The van der Waals surface area contributed by atoms with Crippen molar-refractivity contribution in [2.75, 3.05) is 18.5 Å². The monoisotopic (exact) mass is 238 g/mol. The van der Waals surface area contributed by atoms with Crippen LogP contribution in [-0.4, -0.2) is 25.2 Å². The average molecular weight is 238 g/mol. The van der Waals surface area contributed by atoms with Gasteiger partial charge in [-0.15, -0.1) is 0 Å². The van der Waals surface area contributed by atoms with Crippen LogP contribution in [0.1, 0.15) is 23.2 Å². The van der Waals surface area contributed by atoms with Gasteiger partial charge in [0.25, 0.3) is 0 Å². The minimum atomic E-state index is -0.556. The minimum Gasteiger partial charge on any atom is -0.381 e. The largest absolute Gasteiger partial charge is 0.381 e. The molecule has 1 amide bonds. The van der Waals surface area contributed by atoms with Gasteiger partial charge >= 0.3 is 0 Å².